The molecule has 0 aliphatic heterocycles. The van der Waals surface area contributed by atoms with Crippen molar-refractivity contribution in [2.45, 2.75) is 6.92 Å². The molecule has 100 valence electrons. The van der Waals surface area contributed by atoms with Gasteiger partial charge in [0.15, 0.2) is 17.2 Å². The van der Waals surface area contributed by atoms with Crippen LogP contribution in [0.25, 0.3) is 0 Å². The standard InChI is InChI=1S/C15H17NO3/c1-10-4-6-12(16)14(8-10)19-11-5-7-13(17-2)15(9-11)18-3/h4-9H,16H2,1-3H3. The summed E-state index contributed by atoms with van der Waals surface area (Å²) >= 11 is 0. The molecule has 0 heterocycles. The molecule has 4 nitrogen and oxygen atoms in total. The number of rotatable bonds is 4. The van der Waals surface area contributed by atoms with Crippen LogP contribution in [0, 0.1) is 6.92 Å². The van der Waals surface area contributed by atoms with E-state index in [1.54, 1.807) is 26.4 Å². The van der Waals surface area contributed by atoms with Gasteiger partial charge in [0.05, 0.1) is 19.9 Å². The Labute approximate surface area is 112 Å². The quantitative estimate of drug-likeness (QED) is 0.855. The fraction of sp³-hybridized carbons (Fsp3) is 0.200. The molecule has 2 rings (SSSR count). The molecule has 0 fully saturated rings. The normalized spacial score (nSPS) is 10.1. The summed E-state index contributed by atoms with van der Waals surface area (Å²) in [5.41, 5.74) is 7.57. The van der Waals surface area contributed by atoms with Crippen molar-refractivity contribution in [3.8, 4) is 23.0 Å². The van der Waals surface area contributed by atoms with E-state index in [0.29, 0.717) is 28.7 Å². The summed E-state index contributed by atoms with van der Waals surface area (Å²) in [5.74, 6) is 2.56. The minimum atomic E-state index is 0.598. The van der Waals surface area contributed by atoms with Gasteiger partial charge in [0.1, 0.15) is 5.75 Å². The van der Waals surface area contributed by atoms with Gasteiger partial charge in [-0.05, 0) is 36.8 Å². The summed E-state index contributed by atoms with van der Waals surface area (Å²) in [6, 6.07) is 11.0. The van der Waals surface area contributed by atoms with E-state index in [4.69, 9.17) is 19.9 Å². The highest BCUT2D eigenvalue weighted by Gasteiger charge is 2.07. The zero-order valence-electron chi connectivity index (χ0n) is 11.3. The Balaban J connectivity index is 2.30. The second kappa shape index (κ2) is 5.52. The molecule has 0 amide bonds. The molecule has 0 saturated heterocycles. The molecule has 19 heavy (non-hydrogen) atoms. The Bertz CT molecular complexity index is 582. The number of hydrogen-bond donors (Lipinski definition) is 1. The number of aryl methyl sites for hydroxylation is 1. The molecule has 0 aromatic heterocycles. The number of ether oxygens (including phenoxy) is 3. The molecule has 0 unspecified atom stereocenters. The van der Waals surface area contributed by atoms with Gasteiger partial charge in [-0.1, -0.05) is 6.07 Å². The molecule has 4 heteroatoms. The smallest absolute Gasteiger partial charge is 0.164 e. The number of hydrogen-bond acceptors (Lipinski definition) is 4. The minimum Gasteiger partial charge on any atom is -0.493 e. The third kappa shape index (κ3) is 2.91. The van der Waals surface area contributed by atoms with Crippen LogP contribution >= 0.6 is 0 Å². The number of nitrogens with two attached hydrogens (primary N) is 1. The van der Waals surface area contributed by atoms with Crippen LogP contribution in [0.2, 0.25) is 0 Å². The second-order valence-corrected chi connectivity index (χ2v) is 4.16. The highest BCUT2D eigenvalue weighted by atomic mass is 16.5. The van der Waals surface area contributed by atoms with Gasteiger partial charge in [0.25, 0.3) is 0 Å². The first-order valence-corrected chi connectivity index (χ1v) is 5.90. The van der Waals surface area contributed by atoms with Crippen LogP contribution in [-0.4, -0.2) is 14.2 Å². The van der Waals surface area contributed by atoms with Crippen LogP contribution in [0.3, 0.4) is 0 Å². The number of methoxy groups -OCH3 is 2. The van der Waals surface area contributed by atoms with Crippen molar-refractivity contribution < 1.29 is 14.2 Å². The Morgan fingerprint density at radius 2 is 1.58 bits per heavy atom. The molecule has 0 aliphatic rings. The monoisotopic (exact) mass is 259 g/mol. The van der Waals surface area contributed by atoms with E-state index in [1.807, 2.05) is 31.2 Å². The van der Waals surface area contributed by atoms with Gasteiger partial charge >= 0.3 is 0 Å². The van der Waals surface area contributed by atoms with E-state index in [1.165, 1.54) is 0 Å². The molecule has 0 atom stereocenters. The molecule has 2 aromatic carbocycles. The molecule has 2 aromatic rings. The summed E-state index contributed by atoms with van der Waals surface area (Å²) in [4.78, 5) is 0. The molecule has 0 saturated carbocycles. The molecular weight excluding hydrogens is 242 g/mol. The van der Waals surface area contributed by atoms with Crippen molar-refractivity contribution in [1.82, 2.24) is 0 Å². The molecule has 0 radical (unpaired) electrons. The topological polar surface area (TPSA) is 53.7 Å². The molecular formula is C15H17NO3. The Morgan fingerprint density at radius 3 is 2.26 bits per heavy atom. The summed E-state index contributed by atoms with van der Waals surface area (Å²) in [6.07, 6.45) is 0. The first-order chi connectivity index (χ1) is 9.13. The highest BCUT2D eigenvalue weighted by molar-refractivity contribution is 5.56. The van der Waals surface area contributed by atoms with Crippen LogP contribution in [-0.2, 0) is 0 Å². The number of anilines is 1. The number of benzene rings is 2. The Morgan fingerprint density at radius 1 is 0.842 bits per heavy atom. The lowest BCUT2D eigenvalue weighted by Gasteiger charge is -2.12. The van der Waals surface area contributed by atoms with E-state index in [0.717, 1.165) is 5.56 Å². The molecule has 2 N–H and O–H groups in total. The van der Waals surface area contributed by atoms with Gasteiger partial charge < -0.3 is 19.9 Å². The van der Waals surface area contributed by atoms with E-state index in [2.05, 4.69) is 0 Å². The first-order valence-electron chi connectivity index (χ1n) is 5.90. The van der Waals surface area contributed by atoms with Gasteiger partial charge in [0, 0.05) is 6.07 Å². The predicted octanol–water partition coefficient (Wildman–Crippen LogP) is 3.39. The van der Waals surface area contributed by atoms with Crippen LogP contribution in [0.4, 0.5) is 5.69 Å². The summed E-state index contributed by atoms with van der Waals surface area (Å²) < 4.78 is 16.2. The third-order valence-corrected chi connectivity index (χ3v) is 2.75. The van der Waals surface area contributed by atoms with Gasteiger partial charge in [-0.2, -0.15) is 0 Å². The van der Waals surface area contributed by atoms with Gasteiger partial charge in [-0.3, -0.25) is 0 Å². The maximum absolute atomic E-state index is 5.88. The minimum absolute atomic E-state index is 0.598. The second-order valence-electron chi connectivity index (χ2n) is 4.16. The average molecular weight is 259 g/mol. The van der Waals surface area contributed by atoms with Crippen molar-refractivity contribution in [2.75, 3.05) is 20.0 Å². The lowest BCUT2D eigenvalue weighted by Crippen LogP contribution is -1.94. The van der Waals surface area contributed by atoms with Crippen LogP contribution < -0.4 is 19.9 Å². The van der Waals surface area contributed by atoms with Crippen LogP contribution in [0.1, 0.15) is 5.56 Å². The zero-order valence-corrected chi connectivity index (χ0v) is 11.3. The van der Waals surface area contributed by atoms with Gasteiger partial charge in [-0.25, -0.2) is 0 Å². The maximum Gasteiger partial charge on any atom is 0.164 e. The van der Waals surface area contributed by atoms with E-state index in [9.17, 15) is 0 Å². The van der Waals surface area contributed by atoms with Crippen molar-refractivity contribution in [2.24, 2.45) is 0 Å². The third-order valence-electron chi connectivity index (χ3n) is 2.75. The van der Waals surface area contributed by atoms with Crippen molar-refractivity contribution in [3.63, 3.8) is 0 Å². The SMILES string of the molecule is COc1ccc(Oc2cc(C)ccc2N)cc1OC. The average Bonchev–Trinajstić information content (AvgIpc) is 2.42. The van der Waals surface area contributed by atoms with E-state index in [-0.39, 0.29) is 0 Å². The Hall–Kier alpha value is -2.36. The zero-order chi connectivity index (χ0) is 13.8. The van der Waals surface area contributed by atoms with Crippen LogP contribution in [0.5, 0.6) is 23.0 Å². The first kappa shape index (κ1) is 13.1. The van der Waals surface area contributed by atoms with Crippen LogP contribution in [0.15, 0.2) is 36.4 Å². The lowest BCUT2D eigenvalue weighted by atomic mass is 10.2. The predicted molar refractivity (Wildman–Crippen MR) is 75.2 cm³/mol. The van der Waals surface area contributed by atoms with Crippen molar-refractivity contribution in [1.29, 1.82) is 0 Å². The fourth-order valence-corrected chi connectivity index (χ4v) is 1.74. The van der Waals surface area contributed by atoms with Gasteiger partial charge in [-0.15, -0.1) is 0 Å². The molecule has 0 bridgehead atoms. The van der Waals surface area contributed by atoms with Crippen molar-refractivity contribution >= 4 is 5.69 Å². The molecule has 0 spiro atoms. The molecule has 0 aliphatic carbocycles. The summed E-state index contributed by atoms with van der Waals surface area (Å²) in [5, 5.41) is 0. The van der Waals surface area contributed by atoms with E-state index >= 15 is 0 Å². The van der Waals surface area contributed by atoms with Gasteiger partial charge in [0.2, 0.25) is 0 Å². The lowest BCUT2D eigenvalue weighted by molar-refractivity contribution is 0.352. The summed E-state index contributed by atoms with van der Waals surface area (Å²) in [7, 11) is 3.18. The van der Waals surface area contributed by atoms with Crippen molar-refractivity contribution in [3.05, 3.63) is 42.0 Å². The fourth-order valence-electron chi connectivity index (χ4n) is 1.74. The number of nitrogen functional groups attached to an aromatic ring is 1. The summed E-state index contributed by atoms with van der Waals surface area (Å²) in [6.45, 7) is 1.99. The van der Waals surface area contributed by atoms with E-state index < -0.39 is 0 Å². The highest BCUT2D eigenvalue weighted by Crippen LogP contribution is 2.34. The maximum atomic E-state index is 5.88. The Kier molecular flexibility index (Phi) is 3.80. The largest absolute Gasteiger partial charge is 0.493 e.